The SMILES string of the molecule is C[C@H](C(=O)O)n1nnc(-c2ccccc2Cl)n1. The van der Waals surface area contributed by atoms with Gasteiger partial charge in [-0.3, -0.25) is 0 Å². The molecule has 1 atom stereocenters. The lowest BCUT2D eigenvalue weighted by Gasteiger charge is -2.02. The molecule has 0 spiro atoms. The molecule has 0 aliphatic carbocycles. The Morgan fingerprint density at radius 1 is 1.47 bits per heavy atom. The minimum atomic E-state index is -1.02. The van der Waals surface area contributed by atoms with Gasteiger partial charge in [-0.1, -0.05) is 23.7 Å². The minimum absolute atomic E-state index is 0.309. The van der Waals surface area contributed by atoms with E-state index in [2.05, 4.69) is 15.4 Å². The largest absolute Gasteiger partial charge is 0.480 e. The van der Waals surface area contributed by atoms with Crippen molar-refractivity contribution in [2.24, 2.45) is 0 Å². The normalized spacial score (nSPS) is 12.4. The molecular formula is C10H9ClN4O2. The van der Waals surface area contributed by atoms with E-state index in [1.165, 1.54) is 6.92 Å². The molecule has 1 N–H and O–H groups in total. The molecule has 0 aliphatic heterocycles. The Bertz CT molecular complexity index is 555. The molecule has 0 radical (unpaired) electrons. The first-order chi connectivity index (χ1) is 8.09. The maximum Gasteiger partial charge on any atom is 0.330 e. The lowest BCUT2D eigenvalue weighted by molar-refractivity contribution is -0.141. The first-order valence-electron chi connectivity index (χ1n) is 4.87. The lowest BCUT2D eigenvalue weighted by atomic mass is 10.2. The van der Waals surface area contributed by atoms with Crippen molar-refractivity contribution in [3.8, 4) is 11.4 Å². The molecule has 1 aromatic carbocycles. The summed E-state index contributed by atoms with van der Waals surface area (Å²) in [6, 6.07) is 6.17. The van der Waals surface area contributed by atoms with Gasteiger partial charge >= 0.3 is 5.97 Å². The molecule has 0 saturated carbocycles. The highest BCUT2D eigenvalue weighted by Gasteiger charge is 2.18. The summed E-state index contributed by atoms with van der Waals surface area (Å²) in [7, 11) is 0. The zero-order valence-corrected chi connectivity index (χ0v) is 9.66. The molecule has 2 aromatic rings. The minimum Gasteiger partial charge on any atom is -0.480 e. The summed E-state index contributed by atoms with van der Waals surface area (Å²) in [5.74, 6) is -0.711. The highest BCUT2D eigenvalue weighted by Crippen LogP contribution is 2.23. The van der Waals surface area contributed by atoms with Gasteiger partial charge in [0, 0.05) is 5.56 Å². The van der Waals surface area contributed by atoms with Crippen molar-refractivity contribution in [3.05, 3.63) is 29.3 Å². The van der Waals surface area contributed by atoms with E-state index in [0.29, 0.717) is 16.4 Å². The quantitative estimate of drug-likeness (QED) is 0.898. The van der Waals surface area contributed by atoms with E-state index in [1.54, 1.807) is 24.3 Å². The fraction of sp³-hybridized carbons (Fsp3) is 0.200. The number of rotatable bonds is 3. The van der Waals surface area contributed by atoms with Gasteiger partial charge in [-0.25, -0.2) is 4.79 Å². The summed E-state index contributed by atoms with van der Waals surface area (Å²) in [5.41, 5.74) is 0.623. The van der Waals surface area contributed by atoms with E-state index < -0.39 is 12.0 Å². The maximum absolute atomic E-state index is 10.8. The van der Waals surface area contributed by atoms with Gasteiger partial charge in [0.15, 0.2) is 6.04 Å². The van der Waals surface area contributed by atoms with E-state index in [-0.39, 0.29) is 0 Å². The number of hydrogen-bond donors (Lipinski definition) is 1. The summed E-state index contributed by atoms with van der Waals surface area (Å²) in [6.45, 7) is 1.47. The Kier molecular flexibility index (Phi) is 3.06. The molecule has 88 valence electrons. The van der Waals surface area contributed by atoms with E-state index >= 15 is 0 Å². The summed E-state index contributed by atoms with van der Waals surface area (Å²) < 4.78 is 0. The molecule has 7 heteroatoms. The van der Waals surface area contributed by atoms with Gasteiger partial charge in [-0.2, -0.15) is 0 Å². The van der Waals surface area contributed by atoms with Crippen LogP contribution in [-0.2, 0) is 4.79 Å². The Morgan fingerprint density at radius 3 is 2.82 bits per heavy atom. The van der Waals surface area contributed by atoms with Crippen molar-refractivity contribution in [2.45, 2.75) is 13.0 Å². The monoisotopic (exact) mass is 252 g/mol. The summed E-state index contributed by atoms with van der Waals surface area (Å²) in [5, 5.41) is 20.8. The van der Waals surface area contributed by atoms with Crippen LogP contribution in [0.2, 0.25) is 5.02 Å². The Balaban J connectivity index is 2.37. The fourth-order valence-corrected chi connectivity index (χ4v) is 1.46. The van der Waals surface area contributed by atoms with Crippen molar-refractivity contribution in [1.82, 2.24) is 20.2 Å². The molecule has 0 bridgehead atoms. The smallest absolute Gasteiger partial charge is 0.330 e. The number of carboxylic acid groups (broad SMARTS) is 1. The van der Waals surface area contributed by atoms with Gasteiger partial charge in [-0.05, 0) is 24.3 Å². The number of aliphatic carboxylic acids is 1. The van der Waals surface area contributed by atoms with Crippen LogP contribution in [0.3, 0.4) is 0 Å². The van der Waals surface area contributed by atoms with Gasteiger partial charge in [0.1, 0.15) is 0 Å². The number of nitrogens with zero attached hydrogens (tertiary/aromatic N) is 4. The van der Waals surface area contributed by atoms with Crippen LogP contribution in [0, 0.1) is 0 Å². The second-order valence-electron chi connectivity index (χ2n) is 3.43. The van der Waals surface area contributed by atoms with Crippen LogP contribution in [0.25, 0.3) is 11.4 Å². The predicted molar refractivity (Wildman–Crippen MR) is 60.6 cm³/mol. The standard InChI is InChI=1S/C10H9ClN4O2/c1-6(10(16)17)15-13-9(12-14-15)7-4-2-3-5-8(7)11/h2-6H,1H3,(H,16,17)/t6-/m1/s1. The molecule has 1 heterocycles. The van der Waals surface area contributed by atoms with E-state index in [0.717, 1.165) is 4.80 Å². The van der Waals surface area contributed by atoms with Gasteiger partial charge in [-0.15, -0.1) is 15.0 Å². The van der Waals surface area contributed by atoms with Gasteiger partial charge < -0.3 is 5.11 Å². The van der Waals surface area contributed by atoms with Gasteiger partial charge in [0.05, 0.1) is 5.02 Å². The third kappa shape index (κ3) is 2.26. The zero-order chi connectivity index (χ0) is 12.4. The van der Waals surface area contributed by atoms with Crippen molar-refractivity contribution >= 4 is 17.6 Å². The van der Waals surface area contributed by atoms with Crippen molar-refractivity contribution in [3.63, 3.8) is 0 Å². The molecule has 6 nitrogen and oxygen atoms in total. The Hall–Kier alpha value is -1.95. The molecule has 1 aromatic heterocycles. The van der Waals surface area contributed by atoms with Gasteiger partial charge in [0.2, 0.25) is 5.82 Å². The number of tetrazole rings is 1. The second-order valence-corrected chi connectivity index (χ2v) is 3.83. The molecule has 0 saturated heterocycles. The van der Waals surface area contributed by atoms with Crippen LogP contribution in [-0.4, -0.2) is 31.3 Å². The fourth-order valence-electron chi connectivity index (χ4n) is 1.24. The average molecular weight is 253 g/mol. The number of carboxylic acids is 1. The Morgan fingerprint density at radius 2 is 2.18 bits per heavy atom. The van der Waals surface area contributed by atoms with Crippen LogP contribution in [0.4, 0.5) is 0 Å². The predicted octanol–water partition coefficient (Wildman–Crippen LogP) is 1.64. The highest BCUT2D eigenvalue weighted by atomic mass is 35.5. The van der Waals surface area contributed by atoms with E-state index in [1.807, 2.05) is 0 Å². The molecular weight excluding hydrogens is 244 g/mol. The highest BCUT2D eigenvalue weighted by molar-refractivity contribution is 6.33. The summed E-state index contributed by atoms with van der Waals surface area (Å²) in [4.78, 5) is 11.8. The molecule has 2 rings (SSSR count). The molecule has 0 unspecified atom stereocenters. The first kappa shape index (κ1) is 11.5. The summed E-state index contributed by atoms with van der Waals surface area (Å²) in [6.07, 6.45) is 0. The lowest BCUT2D eigenvalue weighted by Crippen LogP contribution is -2.18. The van der Waals surface area contributed by atoms with E-state index in [4.69, 9.17) is 16.7 Å². The number of carbonyl (C=O) groups is 1. The van der Waals surface area contributed by atoms with Crippen molar-refractivity contribution < 1.29 is 9.90 Å². The number of aromatic nitrogens is 4. The van der Waals surface area contributed by atoms with Crippen LogP contribution in [0.5, 0.6) is 0 Å². The molecule has 0 amide bonds. The topological polar surface area (TPSA) is 80.9 Å². The summed E-state index contributed by atoms with van der Waals surface area (Å²) >= 11 is 5.98. The molecule has 0 fully saturated rings. The third-order valence-electron chi connectivity index (χ3n) is 2.25. The average Bonchev–Trinajstić information content (AvgIpc) is 2.77. The van der Waals surface area contributed by atoms with Crippen molar-refractivity contribution in [2.75, 3.05) is 0 Å². The maximum atomic E-state index is 10.8. The number of halogens is 1. The van der Waals surface area contributed by atoms with Crippen LogP contribution >= 0.6 is 11.6 Å². The van der Waals surface area contributed by atoms with Crippen LogP contribution in [0.15, 0.2) is 24.3 Å². The molecule has 17 heavy (non-hydrogen) atoms. The number of hydrogen-bond acceptors (Lipinski definition) is 4. The van der Waals surface area contributed by atoms with Crippen LogP contribution in [0.1, 0.15) is 13.0 Å². The number of benzene rings is 1. The molecule has 0 aliphatic rings. The third-order valence-corrected chi connectivity index (χ3v) is 2.58. The van der Waals surface area contributed by atoms with E-state index in [9.17, 15) is 4.79 Å². The zero-order valence-electron chi connectivity index (χ0n) is 8.91. The Labute approximate surface area is 102 Å². The van der Waals surface area contributed by atoms with Crippen molar-refractivity contribution in [1.29, 1.82) is 0 Å². The van der Waals surface area contributed by atoms with Gasteiger partial charge in [0.25, 0.3) is 0 Å². The van der Waals surface area contributed by atoms with Crippen LogP contribution < -0.4 is 0 Å². The first-order valence-corrected chi connectivity index (χ1v) is 5.24. The second kappa shape index (κ2) is 4.50.